The van der Waals surface area contributed by atoms with Crippen molar-refractivity contribution >= 4 is 29.7 Å². The van der Waals surface area contributed by atoms with E-state index in [1.165, 1.54) is 11.8 Å². The van der Waals surface area contributed by atoms with Gasteiger partial charge in [0.15, 0.2) is 5.92 Å². The number of nitrogens with one attached hydrogen (secondary N) is 2. The van der Waals surface area contributed by atoms with Gasteiger partial charge in [0.2, 0.25) is 5.91 Å². The van der Waals surface area contributed by atoms with E-state index >= 15 is 0 Å². The van der Waals surface area contributed by atoms with Gasteiger partial charge in [-0.05, 0) is 40.7 Å². The molecule has 35 heavy (non-hydrogen) atoms. The summed E-state index contributed by atoms with van der Waals surface area (Å²) < 4.78 is 45.7. The Hall–Kier alpha value is -3.21. The number of alkyl halides is 3. The molecule has 0 spiro atoms. The average Bonchev–Trinajstić information content (AvgIpc) is 3.13. The van der Waals surface area contributed by atoms with Crippen LogP contribution in [0.3, 0.4) is 0 Å². The molecule has 2 aromatic carbocycles. The van der Waals surface area contributed by atoms with Crippen LogP contribution in [-0.4, -0.2) is 60.5 Å². The van der Waals surface area contributed by atoms with E-state index in [0.29, 0.717) is 5.75 Å². The Morgan fingerprint density at radius 2 is 1.63 bits per heavy atom. The third kappa shape index (κ3) is 6.47. The van der Waals surface area contributed by atoms with E-state index in [0.717, 1.165) is 22.3 Å². The van der Waals surface area contributed by atoms with Crippen LogP contribution in [0.25, 0.3) is 11.1 Å². The first kappa shape index (κ1) is 26.4. The molecule has 1 aliphatic carbocycles. The summed E-state index contributed by atoms with van der Waals surface area (Å²) >= 11 is 1.30. The molecule has 11 heteroatoms. The van der Waals surface area contributed by atoms with E-state index in [1.807, 2.05) is 59.2 Å². The van der Waals surface area contributed by atoms with Gasteiger partial charge in [0.1, 0.15) is 12.6 Å². The summed E-state index contributed by atoms with van der Waals surface area (Å²) in [5, 5.41) is 13.1. The molecule has 188 valence electrons. The fourth-order valence-corrected chi connectivity index (χ4v) is 4.43. The van der Waals surface area contributed by atoms with Crippen molar-refractivity contribution in [3.8, 4) is 11.1 Å². The maximum absolute atomic E-state index is 13.5. The number of carboxylic acid groups (broad SMARTS) is 1. The van der Waals surface area contributed by atoms with Gasteiger partial charge in [-0.15, -0.1) is 0 Å². The third-order valence-electron chi connectivity index (χ3n) is 5.73. The number of thioether (sulfide) groups is 1. The minimum absolute atomic E-state index is 0.0351. The van der Waals surface area contributed by atoms with Crippen LogP contribution in [0, 0.1) is 5.92 Å². The summed E-state index contributed by atoms with van der Waals surface area (Å²) in [5.74, 6) is -5.52. The smallest absolute Gasteiger partial charge is 0.407 e. The normalized spacial score (nSPS) is 14.4. The number of hydrogen-bond acceptors (Lipinski definition) is 5. The number of hydrogen-bond donors (Lipinski definition) is 3. The van der Waals surface area contributed by atoms with Gasteiger partial charge < -0.3 is 20.5 Å². The van der Waals surface area contributed by atoms with Crippen molar-refractivity contribution in [2.75, 3.05) is 25.2 Å². The van der Waals surface area contributed by atoms with Crippen LogP contribution >= 0.6 is 11.8 Å². The minimum atomic E-state index is -5.00. The van der Waals surface area contributed by atoms with Crippen molar-refractivity contribution in [2.24, 2.45) is 5.92 Å². The minimum Gasteiger partial charge on any atom is -0.480 e. The summed E-state index contributed by atoms with van der Waals surface area (Å²) in [5.41, 5.74) is 3.89. The van der Waals surface area contributed by atoms with Gasteiger partial charge in [-0.1, -0.05) is 48.5 Å². The molecule has 0 aliphatic heterocycles. The van der Waals surface area contributed by atoms with E-state index in [1.54, 1.807) is 6.26 Å². The molecule has 2 aromatic rings. The zero-order valence-electron chi connectivity index (χ0n) is 18.8. The molecule has 0 saturated heterocycles. The predicted octanol–water partition coefficient (Wildman–Crippen LogP) is 4.03. The number of aliphatic carboxylic acids is 1. The van der Waals surface area contributed by atoms with E-state index in [4.69, 9.17) is 9.84 Å². The van der Waals surface area contributed by atoms with Crippen molar-refractivity contribution in [3.63, 3.8) is 0 Å². The number of carboxylic acids is 1. The van der Waals surface area contributed by atoms with Crippen molar-refractivity contribution in [1.82, 2.24) is 10.6 Å². The van der Waals surface area contributed by atoms with Crippen molar-refractivity contribution in [3.05, 3.63) is 59.7 Å². The summed E-state index contributed by atoms with van der Waals surface area (Å²) in [6.45, 7) is -1.18. The summed E-state index contributed by atoms with van der Waals surface area (Å²) in [6.07, 6.45) is -4.43. The van der Waals surface area contributed by atoms with Crippen LogP contribution < -0.4 is 10.6 Å². The molecule has 3 rings (SSSR count). The Labute approximate surface area is 204 Å². The van der Waals surface area contributed by atoms with E-state index in [-0.39, 0.29) is 18.9 Å². The number of benzene rings is 2. The predicted molar refractivity (Wildman–Crippen MR) is 125 cm³/mol. The van der Waals surface area contributed by atoms with E-state index in [2.05, 4.69) is 0 Å². The molecule has 2 atom stereocenters. The van der Waals surface area contributed by atoms with Crippen molar-refractivity contribution < 1.29 is 37.4 Å². The molecular formula is C24H25F3N2O5S. The second-order valence-corrected chi connectivity index (χ2v) is 8.97. The summed E-state index contributed by atoms with van der Waals surface area (Å²) in [4.78, 5) is 35.7. The summed E-state index contributed by atoms with van der Waals surface area (Å²) in [7, 11) is 0. The largest absolute Gasteiger partial charge is 0.480 e. The molecule has 1 aliphatic rings. The number of halogens is 3. The lowest BCUT2D eigenvalue weighted by Gasteiger charge is -2.22. The van der Waals surface area contributed by atoms with Crippen molar-refractivity contribution in [2.45, 2.75) is 24.6 Å². The molecule has 3 N–H and O–H groups in total. The molecule has 0 bridgehead atoms. The van der Waals surface area contributed by atoms with E-state index in [9.17, 15) is 27.6 Å². The van der Waals surface area contributed by atoms with E-state index < -0.39 is 42.7 Å². The number of carbonyl (C=O) groups is 3. The molecule has 0 saturated carbocycles. The Kier molecular flexibility index (Phi) is 8.66. The highest BCUT2D eigenvalue weighted by Gasteiger charge is 2.46. The van der Waals surface area contributed by atoms with Gasteiger partial charge in [-0.2, -0.15) is 24.9 Å². The lowest BCUT2D eigenvalue weighted by molar-refractivity contribution is -0.182. The maximum atomic E-state index is 13.5. The highest BCUT2D eigenvalue weighted by Crippen LogP contribution is 2.44. The van der Waals surface area contributed by atoms with Crippen LogP contribution in [0.4, 0.5) is 18.0 Å². The van der Waals surface area contributed by atoms with Crippen LogP contribution in [0.5, 0.6) is 0 Å². The Morgan fingerprint density at radius 3 is 2.14 bits per heavy atom. The van der Waals surface area contributed by atoms with Gasteiger partial charge >= 0.3 is 18.2 Å². The zero-order valence-corrected chi connectivity index (χ0v) is 19.6. The number of ether oxygens (including phenoxy) is 1. The summed E-state index contributed by atoms with van der Waals surface area (Å²) in [6, 6.07) is 13.7. The molecule has 0 fully saturated rings. The topological polar surface area (TPSA) is 105 Å². The molecule has 0 heterocycles. The standard InChI is InChI=1S/C24H25F3N2O5S/c1-35-11-10-20(22(31)32)29-21(30)19(24(25,26)27)12-28-23(33)34-13-18-16-8-4-2-6-14(16)15-7-3-5-9-17(15)18/h2-9,18-20H,10-13H2,1H3,(H,28,33)(H,29,30)(H,31,32)/t19?,20-/m0/s1. The number of rotatable bonds is 10. The first-order valence-corrected chi connectivity index (χ1v) is 12.2. The van der Waals surface area contributed by atoms with Crippen LogP contribution in [0.1, 0.15) is 23.5 Å². The second-order valence-electron chi connectivity index (χ2n) is 7.98. The zero-order chi connectivity index (χ0) is 25.6. The Balaban J connectivity index is 1.61. The molecule has 0 radical (unpaired) electrons. The van der Waals surface area contributed by atoms with Gasteiger partial charge in [0, 0.05) is 12.5 Å². The second kappa shape index (κ2) is 11.5. The number of fused-ring (bicyclic) bond motifs is 3. The van der Waals surface area contributed by atoms with Crippen LogP contribution in [0.2, 0.25) is 0 Å². The quantitative estimate of drug-likeness (QED) is 0.446. The van der Waals surface area contributed by atoms with Crippen LogP contribution in [0.15, 0.2) is 48.5 Å². The average molecular weight is 511 g/mol. The lowest BCUT2D eigenvalue weighted by Crippen LogP contribution is -2.51. The van der Waals surface area contributed by atoms with Crippen molar-refractivity contribution in [1.29, 1.82) is 0 Å². The Bertz CT molecular complexity index is 1030. The first-order valence-electron chi connectivity index (χ1n) is 10.8. The molecule has 2 amide bonds. The molecule has 1 unspecified atom stereocenters. The molecular weight excluding hydrogens is 485 g/mol. The highest BCUT2D eigenvalue weighted by atomic mass is 32.2. The van der Waals surface area contributed by atoms with Crippen LogP contribution in [-0.2, 0) is 14.3 Å². The highest BCUT2D eigenvalue weighted by molar-refractivity contribution is 7.98. The number of alkyl carbamates (subject to hydrolysis) is 1. The SMILES string of the molecule is CSCC[C@H](NC(=O)C(CNC(=O)OCC1c2ccccc2-c2ccccc21)C(F)(F)F)C(=O)O. The fourth-order valence-electron chi connectivity index (χ4n) is 3.96. The lowest BCUT2D eigenvalue weighted by atomic mass is 9.98. The van der Waals surface area contributed by atoms with Gasteiger partial charge in [-0.3, -0.25) is 4.79 Å². The third-order valence-corrected chi connectivity index (χ3v) is 6.37. The molecule has 7 nitrogen and oxygen atoms in total. The Morgan fingerprint density at radius 1 is 1.06 bits per heavy atom. The van der Waals surface area contributed by atoms with Gasteiger partial charge in [-0.25, -0.2) is 9.59 Å². The van der Waals surface area contributed by atoms with Gasteiger partial charge in [0.25, 0.3) is 0 Å². The fraction of sp³-hybridized carbons (Fsp3) is 0.375. The number of amides is 2. The maximum Gasteiger partial charge on any atom is 0.407 e. The molecule has 0 aromatic heterocycles. The van der Waals surface area contributed by atoms with Gasteiger partial charge in [0.05, 0.1) is 0 Å². The number of carbonyl (C=O) groups excluding carboxylic acids is 2. The monoisotopic (exact) mass is 510 g/mol. The first-order chi connectivity index (χ1) is 16.6.